The van der Waals surface area contributed by atoms with Crippen molar-refractivity contribution in [2.45, 2.75) is 45.7 Å². The van der Waals surface area contributed by atoms with Gasteiger partial charge in [-0.15, -0.1) is 35.3 Å². The fourth-order valence-electron chi connectivity index (χ4n) is 6.47. The first-order valence-electron chi connectivity index (χ1n) is 21.2. The van der Waals surface area contributed by atoms with Crippen LogP contribution in [0.4, 0.5) is 56.6 Å². The van der Waals surface area contributed by atoms with Crippen molar-refractivity contribution >= 4 is 75.8 Å². The maximum Gasteiger partial charge on any atom is 0.450 e. The lowest BCUT2D eigenvalue weighted by Crippen LogP contribution is -2.26. The van der Waals surface area contributed by atoms with Gasteiger partial charge in [-0.25, -0.2) is 0 Å². The fraction of sp³-hybridized carbons (Fsp3) is 0.292. The molecule has 3 N–H and O–H groups in total. The number of thioether (sulfide) groups is 3. The van der Waals surface area contributed by atoms with E-state index in [1.807, 2.05) is 31.2 Å². The molecule has 3 amide bonds. The molecule has 3 aliphatic heterocycles. The van der Waals surface area contributed by atoms with Crippen LogP contribution in [0, 0.1) is 13.8 Å². The second kappa shape index (κ2) is 25.3. The van der Waals surface area contributed by atoms with Gasteiger partial charge in [0.1, 0.15) is 21.8 Å². The second-order valence-electron chi connectivity index (χ2n) is 14.7. The van der Waals surface area contributed by atoms with Crippen LogP contribution in [0.1, 0.15) is 30.0 Å². The lowest BCUT2D eigenvalue weighted by atomic mass is 10.00. The fourth-order valence-corrected chi connectivity index (χ4v) is 9.05. The van der Waals surface area contributed by atoms with E-state index in [4.69, 9.17) is 9.57 Å². The van der Waals surface area contributed by atoms with Crippen molar-refractivity contribution in [2.24, 2.45) is 5.16 Å². The van der Waals surface area contributed by atoms with Crippen LogP contribution >= 0.6 is 35.3 Å². The third kappa shape index (κ3) is 15.6. The summed E-state index contributed by atoms with van der Waals surface area (Å²) in [4.78, 5) is 40.2. The summed E-state index contributed by atoms with van der Waals surface area (Å²) in [6.45, 7) is 5.29. The number of allylic oxidation sites excluding steroid dienone is 3. The molecule has 0 atom stereocenters. The van der Waals surface area contributed by atoms with Gasteiger partial charge in [-0.2, -0.15) is 39.5 Å². The van der Waals surface area contributed by atoms with Crippen LogP contribution in [0.3, 0.4) is 0 Å². The van der Waals surface area contributed by atoms with Crippen molar-refractivity contribution in [1.29, 1.82) is 0 Å². The molecule has 3 heterocycles. The molecule has 7 rings (SSSR count). The molecule has 0 aromatic heterocycles. The number of carbonyl (C=O) groups is 3. The monoisotopic (exact) mass is 1060 g/mol. The van der Waals surface area contributed by atoms with Crippen LogP contribution in [-0.4, -0.2) is 86.2 Å². The molecular formula is C48H45F9N4O7S3. The van der Waals surface area contributed by atoms with E-state index < -0.39 is 68.2 Å². The van der Waals surface area contributed by atoms with E-state index in [1.165, 1.54) is 7.11 Å². The van der Waals surface area contributed by atoms with Gasteiger partial charge in [0.25, 0.3) is 17.7 Å². The lowest BCUT2D eigenvalue weighted by Gasteiger charge is -2.22. The molecule has 0 spiro atoms. The van der Waals surface area contributed by atoms with Crippen molar-refractivity contribution in [1.82, 2.24) is 0 Å². The molecule has 0 bridgehead atoms. The largest absolute Gasteiger partial charge is 0.487 e. The summed E-state index contributed by atoms with van der Waals surface area (Å²) in [7, 11) is 1.48. The van der Waals surface area contributed by atoms with Crippen molar-refractivity contribution in [3.63, 3.8) is 0 Å². The topological polar surface area (TPSA) is 137 Å². The highest BCUT2D eigenvalue weighted by Gasteiger charge is 2.44. The van der Waals surface area contributed by atoms with Crippen molar-refractivity contribution < 1.29 is 72.9 Å². The van der Waals surface area contributed by atoms with Crippen molar-refractivity contribution in [3.8, 4) is 11.1 Å². The minimum absolute atomic E-state index is 0.0549. The molecule has 71 heavy (non-hydrogen) atoms. The number of carbonyl (C=O) groups excluding carboxylic acids is 3. The van der Waals surface area contributed by atoms with Gasteiger partial charge in [0.15, 0.2) is 0 Å². The van der Waals surface area contributed by atoms with E-state index in [-0.39, 0.29) is 25.6 Å². The lowest BCUT2D eigenvalue weighted by molar-refractivity contribution is -0.133. The average Bonchev–Trinajstić information content (AvgIpc) is 3.34. The molecule has 380 valence electrons. The predicted octanol–water partition coefficient (Wildman–Crippen LogP) is 12.5. The summed E-state index contributed by atoms with van der Waals surface area (Å²) in [5.41, 5.74) is 6.08. The highest BCUT2D eigenvalue weighted by Crippen LogP contribution is 2.40. The summed E-state index contributed by atoms with van der Waals surface area (Å²) in [6, 6.07) is 28.2. The van der Waals surface area contributed by atoms with Crippen LogP contribution in [-0.2, 0) is 33.4 Å². The number of ether oxygens (including phenoxy) is 3. The molecule has 23 heteroatoms. The van der Waals surface area contributed by atoms with Crippen molar-refractivity contribution in [2.75, 3.05) is 60.1 Å². The molecule has 11 nitrogen and oxygen atoms in total. The Morgan fingerprint density at radius 2 is 0.901 bits per heavy atom. The number of nitrogens with one attached hydrogen (secondary N) is 3. The van der Waals surface area contributed by atoms with E-state index in [1.54, 1.807) is 86.6 Å². The van der Waals surface area contributed by atoms with Crippen LogP contribution < -0.4 is 16.0 Å². The summed E-state index contributed by atoms with van der Waals surface area (Å²) in [5, 5.41) is 11.6. The SMILES string of the molecule is CC/C(=N\OC)c1ccc(-c2ccccc2NC(=O)C2=C(C(F)(F)F)OCCS2)cc1.Cc1ccccc1NC(=O)C1=C(C(F)(F)F)OCCS1.Cc1ccccc1NC(=O)C1=C(C(F)(F)F)OCCS1. The van der Waals surface area contributed by atoms with Gasteiger partial charge in [-0.05, 0) is 60.7 Å². The van der Waals surface area contributed by atoms with Gasteiger partial charge in [0.2, 0.25) is 17.3 Å². The van der Waals surface area contributed by atoms with E-state index >= 15 is 0 Å². The molecule has 0 saturated heterocycles. The third-order valence-electron chi connectivity index (χ3n) is 9.77. The average molecular weight is 1060 g/mol. The quantitative estimate of drug-likeness (QED) is 0.0800. The summed E-state index contributed by atoms with van der Waals surface area (Å²) in [5.74, 6) is -5.19. The molecule has 0 radical (unpaired) electrons. The number of amides is 3. The Bertz CT molecular complexity index is 2570. The highest BCUT2D eigenvalue weighted by atomic mass is 32.2. The van der Waals surface area contributed by atoms with Crippen molar-refractivity contribution in [3.05, 3.63) is 146 Å². The normalized spacial score (nSPS) is 15.4. The van der Waals surface area contributed by atoms with Crippen LogP contribution in [0.5, 0.6) is 0 Å². The highest BCUT2D eigenvalue weighted by molar-refractivity contribution is 8.04. The minimum Gasteiger partial charge on any atom is -0.487 e. The molecule has 0 saturated carbocycles. The zero-order chi connectivity index (χ0) is 51.9. The zero-order valence-electron chi connectivity index (χ0n) is 38.1. The third-order valence-corrected chi connectivity index (χ3v) is 12.9. The number of para-hydroxylation sites is 3. The maximum atomic E-state index is 13.2. The predicted molar refractivity (Wildman–Crippen MR) is 258 cm³/mol. The Morgan fingerprint density at radius 3 is 1.25 bits per heavy atom. The number of oxime groups is 1. The van der Waals surface area contributed by atoms with Gasteiger partial charge < -0.3 is 35.0 Å². The van der Waals surface area contributed by atoms with Crippen LogP contribution in [0.2, 0.25) is 0 Å². The number of aryl methyl sites for hydroxylation is 2. The van der Waals surface area contributed by atoms with E-state index in [0.29, 0.717) is 40.6 Å². The number of anilines is 3. The molecule has 0 unspecified atom stereocenters. The number of nitrogens with zero attached hydrogens (tertiary/aromatic N) is 1. The number of hydrogen-bond donors (Lipinski definition) is 3. The Labute approximate surface area is 415 Å². The Balaban J connectivity index is 0.000000206. The number of alkyl halides is 9. The smallest absolute Gasteiger partial charge is 0.450 e. The molecule has 4 aromatic carbocycles. The first-order valence-corrected chi connectivity index (χ1v) is 24.2. The maximum absolute atomic E-state index is 13.2. The minimum atomic E-state index is -4.73. The molecule has 3 aliphatic rings. The van der Waals surface area contributed by atoms with Crippen LogP contribution in [0.15, 0.2) is 134 Å². The molecular weight excluding hydrogens is 1010 g/mol. The Kier molecular flexibility index (Phi) is 19.8. The summed E-state index contributed by atoms with van der Waals surface area (Å²) < 4.78 is 130. The van der Waals surface area contributed by atoms with Gasteiger partial charge >= 0.3 is 18.5 Å². The first kappa shape index (κ1) is 55.7. The summed E-state index contributed by atoms with van der Waals surface area (Å²) in [6.07, 6.45) is -13.4. The molecule has 0 fully saturated rings. The number of rotatable bonds is 10. The van der Waals surface area contributed by atoms with Crippen LogP contribution in [0.25, 0.3) is 11.1 Å². The van der Waals surface area contributed by atoms with Gasteiger partial charge in [-0.1, -0.05) is 90.9 Å². The number of hydrogen-bond acceptors (Lipinski definition) is 11. The number of benzene rings is 4. The van der Waals surface area contributed by atoms with Gasteiger partial charge in [0, 0.05) is 39.9 Å². The Hall–Kier alpha value is -6.20. The van der Waals surface area contributed by atoms with E-state index in [0.717, 1.165) is 63.3 Å². The molecule has 0 aliphatic carbocycles. The standard InChI is InChI=1S/C22H21F3N2O3S.2C13H12F3NO2S/c1-3-17(27-29-2)15-10-8-14(9-11-15)16-6-4-5-7-18(16)26-21(28)19-20(22(23,24)25)30-12-13-31-19;2*1-8-4-2-3-5-9(8)17-12(18)10-11(13(14,15)16)19-6-7-20-10/h4-11H,3,12-13H2,1-2H3,(H,26,28);2*2-5H,6-7H2,1H3,(H,17,18)/b27-17+;;. The van der Waals surface area contributed by atoms with Gasteiger partial charge in [0.05, 0.1) is 25.5 Å². The zero-order valence-corrected chi connectivity index (χ0v) is 40.6. The Morgan fingerprint density at radius 1 is 0.549 bits per heavy atom. The molecule has 4 aromatic rings. The van der Waals surface area contributed by atoms with E-state index in [9.17, 15) is 53.9 Å². The first-order chi connectivity index (χ1) is 33.6. The van der Waals surface area contributed by atoms with E-state index in [2.05, 4.69) is 30.6 Å². The second-order valence-corrected chi connectivity index (χ2v) is 18.1. The van der Waals surface area contributed by atoms with Gasteiger partial charge in [-0.3, -0.25) is 14.4 Å². The summed E-state index contributed by atoms with van der Waals surface area (Å²) >= 11 is 2.54. The number of halogens is 9.